The van der Waals surface area contributed by atoms with E-state index in [9.17, 15) is 9.59 Å². The van der Waals surface area contributed by atoms with Crippen molar-refractivity contribution in [3.63, 3.8) is 0 Å². The number of amides is 2. The quantitative estimate of drug-likeness (QED) is 0.764. The molecule has 5 nitrogen and oxygen atoms in total. The third-order valence-corrected chi connectivity index (χ3v) is 3.02. The summed E-state index contributed by atoms with van der Waals surface area (Å²) in [5, 5.41) is 2.68. The van der Waals surface area contributed by atoms with E-state index in [-0.39, 0.29) is 18.4 Å². The Kier molecular flexibility index (Phi) is 6.73. The molecule has 0 aliphatic heterocycles. The molecule has 1 aromatic rings. The van der Waals surface area contributed by atoms with Crippen molar-refractivity contribution >= 4 is 11.8 Å². The average molecular weight is 277 g/mol. The Labute approximate surface area is 120 Å². The fourth-order valence-electron chi connectivity index (χ4n) is 1.96. The molecule has 1 rings (SSSR count). The van der Waals surface area contributed by atoms with Crippen molar-refractivity contribution in [1.29, 1.82) is 0 Å². The normalized spacial score (nSPS) is 11.8. The second-order valence-electron chi connectivity index (χ2n) is 4.60. The van der Waals surface area contributed by atoms with Gasteiger partial charge in [-0.1, -0.05) is 30.3 Å². The zero-order chi connectivity index (χ0) is 15.0. The molecule has 1 aromatic carbocycles. The highest BCUT2D eigenvalue weighted by Crippen LogP contribution is 2.04. The maximum atomic E-state index is 12.2. The predicted octanol–water partition coefficient (Wildman–Crippen LogP) is 0.541. The molecule has 110 valence electrons. The van der Waals surface area contributed by atoms with E-state index in [2.05, 4.69) is 5.32 Å². The standard InChI is InChI=1S/C15H23N3O2/c1-3-17-14(19)11-18(4-2)15(20)13(16)10-12-8-6-5-7-9-12/h5-9,13H,3-4,10-11,16H2,1-2H3,(H,17,19)/t13-/m0/s1. The molecular formula is C15H23N3O2. The SMILES string of the molecule is CCNC(=O)CN(CC)C(=O)[C@@H](N)Cc1ccccc1. The van der Waals surface area contributed by atoms with Crippen molar-refractivity contribution in [2.75, 3.05) is 19.6 Å². The molecule has 0 bridgehead atoms. The van der Waals surface area contributed by atoms with Gasteiger partial charge in [0.1, 0.15) is 0 Å². The van der Waals surface area contributed by atoms with Crippen LogP contribution in [-0.2, 0) is 16.0 Å². The molecule has 20 heavy (non-hydrogen) atoms. The molecule has 0 spiro atoms. The summed E-state index contributed by atoms with van der Waals surface area (Å²) in [5.41, 5.74) is 6.97. The summed E-state index contributed by atoms with van der Waals surface area (Å²) in [6, 6.07) is 9.01. The van der Waals surface area contributed by atoms with Crippen LogP contribution in [0, 0.1) is 0 Å². The van der Waals surface area contributed by atoms with Gasteiger partial charge in [-0.3, -0.25) is 9.59 Å². The summed E-state index contributed by atoms with van der Waals surface area (Å²) in [6.07, 6.45) is 0.478. The minimum absolute atomic E-state index is 0.0612. The molecule has 0 aliphatic carbocycles. The highest BCUT2D eigenvalue weighted by Gasteiger charge is 2.21. The number of carbonyl (C=O) groups excluding carboxylic acids is 2. The van der Waals surface area contributed by atoms with Crippen molar-refractivity contribution in [1.82, 2.24) is 10.2 Å². The van der Waals surface area contributed by atoms with E-state index in [1.54, 1.807) is 0 Å². The van der Waals surface area contributed by atoms with Crippen LogP contribution in [0.25, 0.3) is 0 Å². The number of nitrogens with zero attached hydrogens (tertiary/aromatic N) is 1. The Morgan fingerprint density at radius 1 is 1.25 bits per heavy atom. The number of carbonyl (C=O) groups is 2. The van der Waals surface area contributed by atoms with Crippen LogP contribution in [0.15, 0.2) is 30.3 Å². The highest BCUT2D eigenvalue weighted by molar-refractivity contribution is 5.87. The van der Waals surface area contributed by atoms with Crippen molar-refractivity contribution in [3.05, 3.63) is 35.9 Å². The second kappa shape index (κ2) is 8.32. The lowest BCUT2D eigenvalue weighted by atomic mass is 10.1. The molecule has 0 fully saturated rings. The Morgan fingerprint density at radius 2 is 1.90 bits per heavy atom. The Morgan fingerprint density at radius 3 is 2.45 bits per heavy atom. The highest BCUT2D eigenvalue weighted by atomic mass is 16.2. The van der Waals surface area contributed by atoms with E-state index in [0.29, 0.717) is 19.5 Å². The van der Waals surface area contributed by atoms with Gasteiger partial charge < -0.3 is 16.0 Å². The van der Waals surface area contributed by atoms with Crippen LogP contribution in [0.5, 0.6) is 0 Å². The monoisotopic (exact) mass is 277 g/mol. The van der Waals surface area contributed by atoms with Crippen molar-refractivity contribution in [3.8, 4) is 0 Å². The number of rotatable bonds is 7. The number of nitrogens with one attached hydrogen (secondary N) is 1. The van der Waals surface area contributed by atoms with E-state index in [1.165, 1.54) is 4.90 Å². The average Bonchev–Trinajstić information content (AvgIpc) is 2.45. The van der Waals surface area contributed by atoms with E-state index in [4.69, 9.17) is 5.73 Å². The first kappa shape index (κ1) is 16.2. The van der Waals surface area contributed by atoms with Crippen molar-refractivity contribution < 1.29 is 9.59 Å². The van der Waals surface area contributed by atoms with E-state index < -0.39 is 6.04 Å². The Balaban J connectivity index is 2.59. The van der Waals surface area contributed by atoms with Crippen LogP contribution in [0.2, 0.25) is 0 Å². The van der Waals surface area contributed by atoms with Gasteiger partial charge in [0.05, 0.1) is 12.6 Å². The largest absolute Gasteiger partial charge is 0.355 e. The van der Waals surface area contributed by atoms with Crippen LogP contribution < -0.4 is 11.1 Å². The number of hydrogen-bond donors (Lipinski definition) is 2. The van der Waals surface area contributed by atoms with Crippen LogP contribution in [0.3, 0.4) is 0 Å². The lowest BCUT2D eigenvalue weighted by Crippen LogP contribution is -2.48. The molecule has 2 amide bonds. The molecule has 0 heterocycles. The van der Waals surface area contributed by atoms with Gasteiger partial charge in [-0.2, -0.15) is 0 Å². The number of likely N-dealkylation sites (N-methyl/N-ethyl adjacent to an activating group) is 2. The molecule has 3 N–H and O–H groups in total. The fourth-order valence-corrected chi connectivity index (χ4v) is 1.96. The molecule has 0 aliphatic rings. The molecule has 5 heteroatoms. The minimum Gasteiger partial charge on any atom is -0.355 e. The summed E-state index contributed by atoms with van der Waals surface area (Å²) < 4.78 is 0. The first-order valence-corrected chi connectivity index (χ1v) is 6.93. The van der Waals surface area contributed by atoms with E-state index >= 15 is 0 Å². The zero-order valence-corrected chi connectivity index (χ0v) is 12.1. The van der Waals surface area contributed by atoms with Gasteiger partial charge in [0, 0.05) is 13.1 Å². The third-order valence-electron chi connectivity index (χ3n) is 3.02. The molecule has 0 unspecified atom stereocenters. The number of nitrogens with two attached hydrogens (primary N) is 1. The minimum atomic E-state index is -0.619. The lowest BCUT2D eigenvalue weighted by molar-refractivity contribution is -0.136. The molecule has 1 atom stereocenters. The predicted molar refractivity (Wildman–Crippen MR) is 79.1 cm³/mol. The van der Waals surface area contributed by atoms with Gasteiger partial charge in [-0.25, -0.2) is 0 Å². The van der Waals surface area contributed by atoms with Gasteiger partial charge in [0.25, 0.3) is 0 Å². The van der Waals surface area contributed by atoms with Crippen molar-refractivity contribution in [2.45, 2.75) is 26.3 Å². The van der Waals surface area contributed by atoms with Gasteiger partial charge in [-0.05, 0) is 25.8 Å². The third kappa shape index (κ3) is 5.01. The molecule has 0 radical (unpaired) electrons. The van der Waals surface area contributed by atoms with Gasteiger partial charge in [0.2, 0.25) is 11.8 Å². The summed E-state index contributed by atoms with van der Waals surface area (Å²) >= 11 is 0. The smallest absolute Gasteiger partial charge is 0.240 e. The molecule has 0 saturated carbocycles. The summed E-state index contributed by atoms with van der Waals surface area (Å²) in [7, 11) is 0. The van der Waals surface area contributed by atoms with Crippen LogP contribution in [0.4, 0.5) is 0 Å². The summed E-state index contributed by atoms with van der Waals surface area (Å²) in [5.74, 6) is -0.350. The van der Waals surface area contributed by atoms with Gasteiger partial charge in [0.15, 0.2) is 0 Å². The summed E-state index contributed by atoms with van der Waals surface area (Å²) in [4.78, 5) is 25.3. The van der Waals surface area contributed by atoms with Crippen LogP contribution in [0.1, 0.15) is 19.4 Å². The maximum Gasteiger partial charge on any atom is 0.240 e. The van der Waals surface area contributed by atoms with E-state index in [1.807, 2.05) is 44.2 Å². The van der Waals surface area contributed by atoms with Crippen molar-refractivity contribution in [2.24, 2.45) is 5.73 Å². The van der Waals surface area contributed by atoms with Gasteiger partial charge >= 0.3 is 0 Å². The molecule has 0 aromatic heterocycles. The van der Waals surface area contributed by atoms with E-state index in [0.717, 1.165) is 5.56 Å². The lowest BCUT2D eigenvalue weighted by Gasteiger charge is -2.23. The number of hydrogen-bond acceptors (Lipinski definition) is 3. The number of benzene rings is 1. The molecule has 0 saturated heterocycles. The first-order valence-electron chi connectivity index (χ1n) is 6.93. The summed E-state index contributed by atoms with van der Waals surface area (Å²) in [6.45, 7) is 4.77. The fraction of sp³-hybridized carbons (Fsp3) is 0.467. The zero-order valence-electron chi connectivity index (χ0n) is 12.1. The molecular weight excluding hydrogens is 254 g/mol. The topological polar surface area (TPSA) is 75.4 Å². The second-order valence-corrected chi connectivity index (χ2v) is 4.60. The van der Waals surface area contributed by atoms with Crippen LogP contribution >= 0.6 is 0 Å². The Hall–Kier alpha value is -1.88. The van der Waals surface area contributed by atoms with Gasteiger partial charge in [-0.15, -0.1) is 0 Å². The van der Waals surface area contributed by atoms with Crippen LogP contribution in [-0.4, -0.2) is 42.4 Å². The Bertz CT molecular complexity index is 434. The maximum absolute atomic E-state index is 12.2. The first-order chi connectivity index (χ1) is 9.58.